The number of carbonyl (C=O) groups is 1. The fraction of sp³-hybridized carbons (Fsp3) is 0.818. The first-order valence-electron chi connectivity index (χ1n) is 5.78. The molecular formula is C11H22N3O. The van der Waals surface area contributed by atoms with E-state index in [-0.39, 0.29) is 5.91 Å². The Morgan fingerprint density at radius 3 is 2.53 bits per heavy atom. The Morgan fingerprint density at radius 1 is 1.33 bits per heavy atom. The van der Waals surface area contributed by atoms with Crippen molar-refractivity contribution < 1.29 is 4.79 Å². The van der Waals surface area contributed by atoms with Gasteiger partial charge in [0.15, 0.2) is 0 Å². The van der Waals surface area contributed by atoms with Gasteiger partial charge >= 0.3 is 0 Å². The second kappa shape index (κ2) is 6.08. The molecule has 0 aliphatic heterocycles. The molecule has 0 aromatic carbocycles. The third-order valence-electron chi connectivity index (χ3n) is 3.13. The third kappa shape index (κ3) is 3.47. The van der Waals surface area contributed by atoms with Gasteiger partial charge in [0.25, 0.3) is 0 Å². The number of nitrogens with two attached hydrogens (primary N) is 2. The van der Waals surface area contributed by atoms with Crippen molar-refractivity contribution in [3.8, 4) is 0 Å². The van der Waals surface area contributed by atoms with Crippen molar-refractivity contribution in [2.75, 3.05) is 13.1 Å². The van der Waals surface area contributed by atoms with Crippen molar-refractivity contribution in [2.45, 2.75) is 44.1 Å². The summed E-state index contributed by atoms with van der Waals surface area (Å²) in [5.74, 6) is -0.205. The van der Waals surface area contributed by atoms with Gasteiger partial charge in [-0.05, 0) is 38.8 Å². The van der Waals surface area contributed by atoms with E-state index >= 15 is 0 Å². The molecule has 0 heterocycles. The molecule has 1 radical (unpaired) electrons. The van der Waals surface area contributed by atoms with Crippen molar-refractivity contribution in [2.24, 2.45) is 11.5 Å². The molecule has 0 aromatic heterocycles. The van der Waals surface area contributed by atoms with Gasteiger partial charge in [0.05, 0.1) is 5.54 Å². The highest BCUT2D eigenvalue weighted by Gasteiger charge is 2.36. The maximum absolute atomic E-state index is 11.5. The predicted molar refractivity (Wildman–Crippen MR) is 61.0 cm³/mol. The largest absolute Gasteiger partial charge is 0.368 e. The molecule has 87 valence electrons. The van der Waals surface area contributed by atoms with Gasteiger partial charge in [0.1, 0.15) is 0 Å². The lowest BCUT2D eigenvalue weighted by atomic mass is 9.81. The first-order valence-corrected chi connectivity index (χ1v) is 5.78. The molecule has 1 saturated carbocycles. The fourth-order valence-corrected chi connectivity index (χ4v) is 2.15. The molecule has 4 nitrogen and oxygen atoms in total. The van der Waals surface area contributed by atoms with E-state index in [2.05, 4.69) is 11.7 Å². The molecule has 1 aliphatic carbocycles. The van der Waals surface area contributed by atoms with Crippen molar-refractivity contribution in [1.82, 2.24) is 5.32 Å². The molecule has 0 aromatic rings. The summed E-state index contributed by atoms with van der Waals surface area (Å²) in [4.78, 5) is 11.5. The minimum absolute atomic E-state index is 0.205. The quantitative estimate of drug-likeness (QED) is 0.554. The van der Waals surface area contributed by atoms with Crippen molar-refractivity contribution >= 4 is 5.91 Å². The highest BCUT2D eigenvalue weighted by Crippen LogP contribution is 2.27. The highest BCUT2D eigenvalue weighted by molar-refractivity contribution is 5.84. The van der Waals surface area contributed by atoms with Crippen LogP contribution in [0.2, 0.25) is 0 Å². The van der Waals surface area contributed by atoms with E-state index in [4.69, 9.17) is 11.5 Å². The molecule has 1 rings (SSSR count). The zero-order chi connectivity index (χ0) is 11.1. The van der Waals surface area contributed by atoms with Crippen LogP contribution in [-0.2, 0) is 4.79 Å². The smallest absolute Gasteiger partial charge is 0.237 e. The van der Waals surface area contributed by atoms with E-state index in [1.807, 2.05) is 0 Å². The summed E-state index contributed by atoms with van der Waals surface area (Å²) in [6.45, 7) is 1.38. The summed E-state index contributed by atoms with van der Waals surface area (Å²) >= 11 is 0. The minimum atomic E-state index is -0.455. The molecule has 0 bridgehead atoms. The number of hydrogen-bond donors (Lipinski definition) is 3. The summed E-state index contributed by atoms with van der Waals surface area (Å²) in [7, 11) is 0. The maximum Gasteiger partial charge on any atom is 0.237 e. The van der Waals surface area contributed by atoms with Crippen molar-refractivity contribution in [3.63, 3.8) is 0 Å². The van der Waals surface area contributed by atoms with Crippen LogP contribution in [0.3, 0.4) is 0 Å². The zero-order valence-corrected chi connectivity index (χ0v) is 9.30. The number of hydrogen-bond acceptors (Lipinski definition) is 3. The van der Waals surface area contributed by atoms with Gasteiger partial charge in [0.2, 0.25) is 5.91 Å². The van der Waals surface area contributed by atoms with E-state index in [1.54, 1.807) is 0 Å². The average molecular weight is 212 g/mol. The molecule has 5 N–H and O–H groups in total. The molecule has 1 aliphatic rings. The summed E-state index contributed by atoms with van der Waals surface area (Å²) in [6.07, 6.45) is 8.08. The Morgan fingerprint density at radius 2 is 2.00 bits per heavy atom. The number of rotatable bonds is 6. The van der Waals surface area contributed by atoms with Gasteiger partial charge < -0.3 is 16.8 Å². The molecule has 15 heavy (non-hydrogen) atoms. The van der Waals surface area contributed by atoms with E-state index in [9.17, 15) is 4.79 Å². The fourth-order valence-electron chi connectivity index (χ4n) is 2.15. The SMILES string of the molecule is NCC[CH]CNC1(C(N)=O)CCCCC1. The molecule has 1 amide bonds. The lowest BCUT2D eigenvalue weighted by Crippen LogP contribution is -2.56. The second-order valence-electron chi connectivity index (χ2n) is 4.25. The number of unbranched alkanes of at least 4 members (excludes halogenated alkanes) is 1. The van der Waals surface area contributed by atoms with Crippen LogP contribution in [0, 0.1) is 6.42 Å². The Hall–Kier alpha value is -0.610. The molecule has 0 saturated heterocycles. The van der Waals surface area contributed by atoms with E-state index < -0.39 is 5.54 Å². The van der Waals surface area contributed by atoms with Crippen molar-refractivity contribution in [3.05, 3.63) is 6.42 Å². The van der Waals surface area contributed by atoms with Gasteiger partial charge in [-0.2, -0.15) is 0 Å². The number of carbonyl (C=O) groups excluding carboxylic acids is 1. The van der Waals surface area contributed by atoms with Crippen LogP contribution < -0.4 is 16.8 Å². The minimum Gasteiger partial charge on any atom is -0.368 e. The molecular weight excluding hydrogens is 190 g/mol. The Balaban J connectivity index is 2.39. The average Bonchev–Trinajstić information content (AvgIpc) is 2.26. The Labute approximate surface area is 91.8 Å². The summed E-state index contributed by atoms with van der Waals surface area (Å²) in [5, 5.41) is 3.28. The van der Waals surface area contributed by atoms with Gasteiger partial charge in [-0.3, -0.25) is 4.79 Å². The summed E-state index contributed by atoms with van der Waals surface area (Å²) in [6, 6.07) is 0. The predicted octanol–water partition coefficient (Wildman–Crippen LogP) is 0.317. The highest BCUT2D eigenvalue weighted by atomic mass is 16.1. The van der Waals surface area contributed by atoms with Crippen LogP contribution in [0.25, 0.3) is 0 Å². The second-order valence-corrected chi connectivity index (χ2v) is 4.25. The van der Waals surface area contributed by atoms with Crippen LogP contribution >= 0.6 is 0 Å². The molecule has 0 spiro atoms. The topological polar surface area (TPSA) is 81.1 Å². The number of nitrogens with one attached hydrogen (secondary N) is 1. The molecule has 0 unspecified atom stereocenters. The molecule has 1 fully saturated rings. The van der Waals surface area contributed by atoms with Crippen LogP contribution in [-0.4, -0.2) is 24.5 Å². The van der Waals surface area contributed by atoms with Gasteiger partial charge in [-0.25, -0.2) is 0 Å². The van der Waals surface area contributed by atoms with Crippen molar-refractivity contribution in [1.29, 1.82) is 0 Å². The van der Waals surface area contributed by atoms with Crippen LogP contribution in [0.4, 0.5) is 0 Å². The van der Waals surface area contributed by atoms with Gasteiger partial charge in [-0.15, -0.1) is 0 Å². The lowest BCUT2D eigenvalue weighted by Gasteiger charge is -2.35. The maximum atomic E-state index is 11.5. The van der Waals surface area contributed by atoms with Crippen LogP contribution in [0.15, 0.2) is 0 Å². The molecule has 0 atom stereocenters. The van der Waals surface area contributed by atoms with Crippen LogP contribution in [0.1, 0.15) is 38.5 Å². The zero-order valence-electron chi connectivity index (χ0n) is 9.30. The summed E-state index contributed by atoms with van der Waals surface area (Å²) < 4.78 is 0. The lowest BCUT2D eigenvalue weighted by molar-refractivity contribution is -0.125. The number of primary amides is 1. The van der Waals surface area contributed by atoms with E-state index in [1.165, 1.54) is 6.42 Å². The Bertz CT molecular complexity index is 200. The first-order chi connectivity index (χ1) is 7.21. The van der Waals surface area contributed by atoms with Gasteiger partial charge in [0, 0.05) is 0 Å². The monoisotopic (exact) mass is 212 g/mol. The van der Waals surface area contributed by atoms with E-state index in [0.717, 1.165) is 38.6 Å². The first kappa shape index (κ1) is 12.5. The third-order valence-corrected chi connectivity index (χ3v) is 3.13. The van der Waals surface area contributed by atoms with Gasteiger partial charge in [-0.1, -0.05) is 19.3 Å². The Kier molecular flexibility index (Phi) is 5.05. The standard InChI is InChI=1S/C11H22N3O/c12-8-4-5-9-14-11(10(13)15)6-2-1-3-7-11/h5,14H,1-4,6-9,12H2,(H2,13,15). The number of amides is 1. The van der Waals surface area contributed by atoms with Crippen LogP contribution in [0.5, 0.6) is 0 Å². The van der Waals surface area contributed by atoms with E-state index in [0.29, 0.717) is 6.54 Å². The summed E-state index contributed by atoms with van der Waals surface area (Å²) in [5.41, 5.74) is 10.4. The molecule has 4 heteroatoms. The normalized spacial score (nSPS) is 20.1.